The van der Waals surface area contributed by atoms with E-state index in [1.165, 1.54) is 0 Å². The number of aryl methyl sites for hydroxylation is 1. The number of imidazole rings is 1. The van der Waals surface area contributed by atoms with Crippen molar-refractivity contribution in [2.75, 3.05) is 0 Å². The van der Waals surface area contributed by atoms with Gasteiger partial charge in [-0.05, 0) is 40.8 Å². The minimum Gasteiger partial charge on any atom is -0.299 e. The van der Waals surface area contributed by atoms with Crippen LogP contribution in [0.1, 0.15) is 51.4 Å². The Morgan fingerprint density at radius 2 is 1.88 bits per heavy atom. The number of benzene rings is 1. The molecule has 0 fully saturated rings. The highest BCUT2D eigenvalue weighted by Crippen LogP contribution is 2.29. The van der Waals surface area contributed by atoms with E-state index >= 15 is 0 Å². The molecule has 0 aliphatic carbocycles. The number of hydrogen-bond acceptors (Lipinski definition) is 5. The third-order valence-corrected chi connectivity index (χ3v) is 5.71. The highest BCUT2D eigenvalue weighted by atomic mass is 16.1. The maximum atomic E-state index is 13.1. The van der Waals surface area contributed by atoms with Crippen LogP contribution in [0.25, 0.3) is 22.5 Å². The summed E-state index contributed by atoms with van der Waals surface area (Å²) in [6.45, 7) is 7.66. The van der Waals surface area contributed by atoms with E-state index in [2.05, 4.69) is 41.4 Å². The van der Waals surface area contributed by atoms with Gasteiger partial charge in [0.05, 0.1) is 12.2 Å². The summed E-state index contributed by atoms with van der Waals surface area (Å²) in [5.74, 6) is 1.03. The minimum absolute atomic E-state index is 0.0456. The number of pyridine rings is 1. The Morgan fingerprint density at radius 3 is 2.55 bits per heavy atom. The van der Waals surface area contributed by atoms with E-state index in [4.69, 9.17) is 4.98 Å². The molecule has 0 atom stereocenters. The number of unbranched alkanes of at least 4 members (excludes halogenated alkanes) is 2. The number of hydrogen-bond donors (Lipinski definition) is 1. The van der Waals surface area contributed by atoms with E-state index in [9.17, 15) is 4.79 Å². The van der Waals surface area contributed by atoms with Crippen LogP contribution in [0.2, 0.25) is 0 Å². The average Bonchev–Trinajstić information content (AvgIpc) is 3.45. The molecule has 3 aromatic heterocycles. The number of tetrazole rings is 1. The maximum Gasteiger partial charge on any atom is 0.328 e. The molecule has 4 aromatic rings. The molecule has 172 valence electrons. The van der Waals surface area contributed by atoms with Gasteiger partial charge >= 0.3 is 5.69 Å². The molecule has 0 amide bonds. The smallest absolute Gasteiger partial charge is 0.299 e. The van der Waals surface area contributed by atoms with Crippen LogP contribution in [-0.2, 0) is 19.5 Å². The van der Waals surface area contributed by atoms with E-state index in [1.54, 1.807) is 0 Å². The number of aromatic nitrogens is 7. The summed E-state index contributed by atoms with van der Waals surface area (Å²) in [4.78, 5) is 17.8. The second-order valence-electron chi connectivity index (χ2n) is 8.83. The van der Waals surface area contributed by atoms with E-state index < -0.39 is 0 Å². The lowest BCUT2D eigenvalue weighted by molar-refractivity contribution is 0.503. The van der Waals surface area contributed by atoms with Gasteiger partial charge in [0.15, 0.2) is 5.82 Å². The maximum absolute atomic E-state index is 13.1. The molecular weight excluding hydrogens is 414 g/mol. The van der Waals surface area contributed by atoms with Crippen molar-refractivity contribution < 1.29 is 0 Å². The van der Waals surface area contributed by atoms with Crippen molar-refractivity contribution in [3.05, 3.63) is 70.7 Å². The van der Waals surface area contributed by atoms with Crippen LogP contribution in [0, 0.1) is 5.92 Å². The molecular formula is C25H31N7O. The molecule has 0 radical (unpaired) electrons. The van der Waals surface area contributed by atoms with E-state index in [0.29, 0.717) is 18.3 Å². The molecule has 1 N–H and O–H groups in total. The van der Waals surface area contributed by atoms with Crippen molar-refractivity contribution in [1.82, 2.24) is 34.7 Å². The van der Waals surface area contributed by atoms with Crippen LogP contribution in [-0.4, -0.2) is 34.7 Å². The number of rotatable bonds is 10. The van der Waals surface area contributed by atoms with Gasteiger partial charge in [0.25, 0.3) is 0 Å². The number of aromatic amines is 1. The number of nitrogens with one attached hydrogen (secondary N) is 1. The first-order valence-electron chi connectivity index (χ1n) is 11.6. The quantitative estimate of drug-likeness (QED) is 0.367. The first kappa shape index (κ1) is 22.6. The predicted octanol–water partition coefficient (Wildman–Crippen LogP) is 4.33. The van der Waals surface area contributed by atoms with E-state index in [0.717, 1.165) is 60.3 Å². The molecule has 0 bridgehead atoms. The standard InChI is InChI=1S/C25H31N7O/c1-4-5-6-9-21-17-31(15-18(2)3)25(33)32(21)16-20-13-12-19(14-26-20)22-10-7-8-11-23(22)24-27-29-30-28-24/h7-8,10-14,17-18H,4-6,9,15-16H2,1-3H3,(H,27,28,29,30). The summed E-state index contributed by atoms with van der Waals surface area (Å²) < 4.78 is 3.73. The zero-order valence-corrected chi connectivity index (χ0v) is 19.5. The Labute approximate surface area is 193 Å². The second-order valence-corrected chi connectivity index (χ2v) is 8.83. The Balaban J connectivity index is 1.60. The van der Waals surface area contributed by atoms with Gasteiger partial charge in [-0.3, -0.25) is 14.1 Å². The van der Waals surface area contributed by atoms with Gasteiger partial charge < -0.3 is 0 Å². The average molecular weight is 446 g/mol. The Kier molecular flexibility index (Phi) is 7.12. The zero-order valence-electron chi connectivity index (χ0n) is 19.5. The lowest BCUT2D eigenvalue weighted by Crippen LogP contribution is -2.27. The summed E-state index contributed by atoms with van der Waals surface area (Å²) in [5.41, 5.74) is 4.87. The molecule has 4 rings (SSSR count). The van der Waals surface area contributed by atoms with Gasteiger partial charge in [0.1, 0.15) is 0 Å². The van der Waals surface area contributed by atoms with E-state index in [1.807, 2.05) is 57.9 Å². The fraction of sp³-hybridized carbons (Fsp3) is 0.400. The normalized spacial score (nSPS) is 11.4. The molecule has 1 aromatic carbocycles. The number of H-pyrrole nitrogens is 1. The Bertz CT molecular complexity index is 1220. The largest absolute Gasteiger partial charge is 0.328 e. The van der Waals surface area contributed by atoms with Crippen LogP contribution < -0.4 is 5.69 Å². The van der Waals surface area contributed by atoms with Crippen LogP contribution >= 0.6 is 0 Å². The van der Waals surface area contributed by atoms with Gasteiger partial charge in [-0.15, -0.1) is 5.10 Å². The molecule has 33 heavy (non-hydrogen) atoms. The summed E-state index contributed by atoms with van der Waals surface area (Å²) in [5, 5.41) is 14.2. The number of nitrogens with zero attached hydrogens (tertiary/aromatic N) is 6. The summed E-state index contributed by atoms with van der Waals surface area (Å²) in [7, 11) is 0. The fourth-order valence-electron chi connectivity index (χ4n) is 4.09. The van der Waals surface area contributed by atoms with Crippen LogP contribution in [0.4, 0.5) is 0 Å². The molecule has 0 saturated carbocycles. The lowest BCUT2D eigenvalue weighted by Gasteiger charge is -2.09. The fourth-order valence-corrected chi connectivity index (χ4v) is 4.09. The summed E-state index contributed by atoms with van der Waals surface area (Å²) >= 11 is 0. The topological polar surface area (TPSA) is 94.3 Å². The zero-order chi connectivity index (χ0) is 23.2. The van der Waals surface area contributed by atoms with Gasteiger partial charge in [-0.1, -0.05) is 63.9 Å². The summed E-state index contributed by atoms with van der Waals surface area (Å²) in [6, 6.07) is 12.0. The minimum atomic E-state index is 0.0456. The van der Waals surface area contributed by atoms with Gasteiger partial charge in [0, 0.05) is 35.8 Å². The predicted molar refractivity (Wildman–Crippen MR) is 129 cm³/mol. The van der Waals surface area contributed by atoms with Crippen molar-refractivity contribution in [1.29, 1.82) is 0 Å². The molecule has 0 aliphatic rings. The van der Waals surface area contributed by atoms with Gasteiger partial charge in [0.2, 0.25) is 0 Å². The van der Waals surface area contributed by atoms with Crippen molar-refractivity contribution in [3.63, 3.8) is 0 Å². The Morgan fingerprint density at radius 1 is 1.06 bits per heavy atom. The van der Waals surface area contributed by atoms with Crippen molar-refractivity contribution in [3.8, 4) is 22.5 Å². The molecule has 8 heteroatoms. The SMILES string of the molecule is CCCCCc1cn(CC(C)C)c(=O)n1Cc1ccc(-c2ccccc2-c2nnn[nH]2)cn1. The molecule has 8 nitrogen and oxygen atoms in total. The van der Waals surface area contributed by atoms with Gasteiger partial charge in [-0.25, -0.2) is 9.89 Å². The first-order valence-corrected chi connectivity index (χ1v) is 11.6. The third-order valence-electron chi connectivity index (χ3n) is 5.71. The van der Waals surface area contributed by atoms with Crippen LogP contribution in [0.15, 0.2) is 53.6 Å². The van der Waals surface area contributed by atoms with Crippen molar-refractivity contribution in [2.24, 2.45) is 5.92 Å². The van der Waals surface area contributed by atoms with Gasteiger partial charge in [-0.2, -0.15) is 0 Å². The molecule has 0 saturated heterocycles. The molecule has 3 heterocycles. The van der Waals surface area contributed by atoms with Crippen molar-refractivity contribution in [2.45, 2.75) is 59.5 Å². The van der Waals surface area contributed by atoms with E-state index in [-0.39, 0.29) is 5.69 Å². The third kappa shape index (κ3) is 5.27. The highest BCUT2D eigenvalue weighted by molar-refractivity contribution is 5.79. The van der Waals surface area contributed by atoms with Crippen LogP contribution in [0.3, 0.4) is 0 Å². The highest BCUT2D eigenvalue weighted by Gasteiger charge is 2.14. The molecule has 0 unspecified atom stereocenters. The first-order chi connectivity index (χ1) is 16.1. The Hall–Kier alpha value is -3.55. The van der Waals surface area contributed by atoms with Crippen LogP contribution in [0.5, 0.6) is 0 Å². The lowest BCUT2D eigenvalue weighted by atomic mass is 10.0. The molecule has 0 aliphatic heterocycles. The summed E-state index contributed by atoms with van der Waals surface area (Å²) in [6.07, 6.45) is 8.20. The molecule has 0 spiro atoms. The monoisotopic (exact) mass is 445 g/mol. The van der Waals surface area contributed by atoms with Crippen molar-refractivity contribution >= 4 is 0 Å². The second kappa shape index (κ2) is 10.4.